The molecule has 0 spiro atoms. The fraction of sp³-hybridized carbons (Fsp3) is 0.162. The Balaban J connectivity index is 1.50. The zero-order valence-electron chi connectivity index (χ0n) is 24.5. The minimum Gasteiger partial charge on any atom is -0.493 e. The second-order valence-corrected chi connectivity index (χ2v) is 11.2. The van der Waals surface area contributed by atoms with Crippen LogP contribution in [0, 0.1) is 0 Å². The zero-order chi connectivity index (χ0) is 29.7. The molecular weight excluding hydrogens is 536 g/mol. The van der Waals surface area contributed by atoms with Gasteiger partial charge in [0.1, 0.15) is 5.58 Å². The summed E-state index contributed by atoms with van der Waals surface area (Å²) in [6.07, 6.45) is 4.24. The van der Waals surface area contributed by atoms with E-state index in [4.69, 9.17) is 13.9 Å². The first-order valence-electron chi connectivity index (χ1n) is 14.4. The molecule has 0 unspecified atom stereocenters. The molecule has 3 aromatic heterocycles. The van der Waals surface area contributed by atoms with Crippen molar-refractivity contribution in [1.82, 2.24) is 9.97 Å². The fourth-order valence-electron chi connectivity index (χ4n) is 6.28. The van der Waals surface area contributed by atoms with Gasteiger partial charge in [-0.05, 0) is 70.1 Å². The summed E-state index contributed by atoms with van der Waals surface area (Å²) in [4.78, 5) is 20.4. The number of hydrogen-bond donors (Lipinski definition) is 2. The Bertz CT molecular complexity index is 2110. The van der Waals surface area contributed by atoms with E-state index in [9.17, 15) is 4.79 Å². The van der Waals surface area contributed by atoms with Crippen LogP contribution < -0.4 is 15.1 Å². The van der Waals surface area contributed by atoms with E-state index in [1.807, 2.05) is 30.3 Å². The van der Waals surface area contributed by atoms with Crippen LogP contribution in [0.5, 0.6) is 11.5 Å². The predicted octanol–water partition coefficient (Wildman–Crippen LogP) is 8.74. The number of ether oxygens (including phenoxy) is 2. The molecule has 0 saturated heterocycles. The molecule has 7 rings (SSSR count). The van der Waals surface area contributed by atoms with Crippen LogP contribution in [0.4, 0.5) is 0 Å². The summed E-state index contributed by atoms with van der Waals surface area (Å²) in [5.41, 5.74) is 8.07. The SMILES string of the molecule is COc1ccc(-c2cc3cc(C(c4c[nH]c5ccccc45)c4c[nH]c5ccccc45)cc(C(C)C)c3oc2=O)cc1OC. The van der Waals surface area contributed by atoms with Gasteiger partial charge >= 0.3 is 5.63 Å². The predicted molar refractivity (Wildman–Crippen MR) is 173 cm³/mol. The Morgan fingerprint density at radius 2 is 1.33 bits per heavy atom. The van der Waals surface area contributed by atoms with E-state index in [0.29, 0.717) is 28.2 Å². The van der Waals surface area contributed by atoms with E-state index in [1.165, 1.54) is 21.9 Å². The molecule has 2 N–H and O–H groups in total. The molecule has 0 aliphatic rings. The number of hydrogen-bond acceptors (Lipinski definition) is 4. The van der Waals surface area contributed by atoms with Crippen LogP contribution in [0.25, 0.3) is 43.9 Å². The van der Waals surface area contributed by atoms with Crippen LogP contribution in [0.3, 0.4) is 0 Å². The average Bonchev–Trinajstić information content (AvgIpc) is 3.65. The highest BCUT2D eigenvalue weighted by atomic mass is 16.5. The number of methoxy groups -OCH3 is 2. The number of aromatic amines is 2. The van der Waals surface area contributed by atoms with Crippen molar-refractivity contribution in [1.29, 1.82) is 0 Å². The molecule has 214 valence electrons. The van der Waals surface area contributed by atoms with Gasteiger partial charge in [0.15, 0.2) is 11.5 Å². The lowest BCUT2D eigenvalue weighted by Gasteiger charge is -2.21. The van der Waals surface area contributed by atoms with Gasteiger partial charge in [0, 0.05) is 45.5 Å². The lowest BCUT2D eigenvalue weighted by Crippen LogP contribution is -2.08. The topological polar surface area (TPSA) is 80.3 Å². The molecule has 0 amide bonds. The molecule has 0 aliphatic heterocycles. The summed E-state index contributed by atoms with van der Waals surface area (Å²) < 4.78 is 17.0. The first kappa shape index (κ1) is 26.7. The van der Waals surface area contributed by atoms with Crippen LogP contribution in [-0.2, 0) is 0 Å². The molecule has 4 aromatic carbocycles. The fourth-order valence-corrected chi connectivity index (χ4v) is 6.28. The normalized spacial score (nSPS) is 11.8. The Kier molecular flexibility index (Phi) is 6.54. The molecule has 0 saturated carbocycles. The van der Waals surface area contributed by atoms with Crippen molar-refractivity contribution in [3.05, 3.63) is 130 Å². The van der Waals surface area contributed by atoms with E-state index in [0.717, 1.165) is 27.5 Å². The van der Waals surface area contributed by atoms with E-state index < -0.39 is 0 Å². The van der Waals surface area contributed by atoms with Crippen molar-refractivity contribution in [2.45, 2.75) is 25.7 Å². The van der Waals surface area contributed by atoms with Crippen molar-refractivity contribution in [3.63, 3.8) is 0 Å². The number of benzene rings is 4. The monoisotopic (exact) mass is 568 g/mol. The van der Waals surface area contributed by atoms with Gasteiger partial charge < -0.3 is 23.9 Å². The maximum Gasteiger partial charge on any atom is 0.344 e. The lowest BCUT2D eigenvalue weighted by atomic mass is 9.82. The highest BCUT2D eigenvalue weighted by molar-refractivity contribution is 5.91. The largest absolute Gasteiger partial charge is 0.493 e. The van der Waals surface area contributed by atoms with Gasteiger partial charge in [0.2, 0.25) is 0 Å². The second-order valence-electron chi connectivity index (χ2n) is 11.2. The number of nitrogens with one attached hydrogen (secondary N) is 2. The third-order valence-electron chi connectivity index (χ3n) is 8.40. The van der Waals surface area contributed by atoms with Crippen LogP contribution >= 0.6 is 0 Å². The summed E-state index contributed by atoms with van der Waals surface area (Å²) in [5.74, 6) is 1.20. The molecule has 6 nitrogen and oxygen atoms in total. The summed E-state index contributed by atoms with van der Waals surface area (Å²) in [6, 6.07) is 28.6. The number of para-hydroxylation sites is 2. The van der Waals surface area contributed by atoms with Gasteiger partial charge in [-0.15, -0.1) is 0 Å². The molecule has 0 radical (unpaired) electrons. The van der Waals surface area contributed by atoms with Crippen molar-refractivity contribution in [3.8, 4) is 22.6 Å². The molecule has 7 aromatic rings. The van der Waals surface area contributed by atoms with E-state index in [1.54, 1.807) is 20.3 Å². The number of aromatic nitrogens is 2. The van der Waals surface area contributed by atoms with E-state index in [2.05, 4.69) is 84.7 Å². The highest BCUT2D eigenvalue weighted by Crippen LogP contribution is 2.42. The number of fused-ring (bicyclic) bond motifs is 3. The van der Waals surface area contributed by atoms with Crippen LogP contribution in [0.2, 0.25) is 0 Å². The van der Waals surface area contributed by atoms with Gasteiger partial charge in [-0.3, -0.25) is 0 Å². The number of rotatable bonds is 7. The molecule has 3 heterocycles. The smallest absolute Gasteiger partial charge is 0.344 e. The standard InChI is InChI=1S/C37H32N2O4/c1-21(2)27-16-23(15-24-17-28(37(40)43-36(24)27)22-13-14-33(41-3)34(18-22)42-4)35(29-19-38-31-11-7-5-9-25(29)31)30-20-39-32-12-8-6-10-26(30)32/h5-21,35,38-39H,1-4H3. The highest BCUT2D eigenvalue weighted by Gasteiger charge is 2.26. The van der Waals surface area contributed by atoms with Gasteiger partial charge in [-0.2, -0.15) is 0 Å². The molecular formula is C37H32N2O4. The Morgan fingerprint density at radius 1 is 0.698 bits per heavy atom. The van der Waals surface area contributed by atoms with E-state index >= 15 is 0 Å². The van der Waals surface area contributed by atoms with Crippen molar-refractivity contribution in [2.75, 3.05) is 14.2 Å². The van der Waals surface area contributed by atoms with Crippen molar-refractivity contribution >= 4 is 32.8 Å². The minimum atomic E-state index is -0.390. The molecule has 6 heteroatoms. The third-order valence-corrected chi connectivity index (χ3v) is 8.40. The van der Waals surface area contributed by atoms with Crippen LogP contribution in [0.15, 0.2) is 107 Å². The van der Waals surface area contributed by atoms with Crippen LogP contribution in [0.1, 0.15) is 47.9 Å². The molecule has 0 bridgehead atoms. The number of H-pyrrole nitrogens is 2. The first-order chi connectivity index (χ1) is 21.0. The van der Waals surface area contributed by atoms with E-state index in [-0.39, 0.29) is 17.5 Å². The quantitative estimate of drug-likeness (QED) is 0.188. The van der Waals surface area contributed by atoms with Crippen molar-refractivity contribution in [2.24, 2.45) is 0 Å². The minimum absolute atomic E-state index is 0.0781. The zero-order valence-corrected chi connectivity index (χ0v) is 24.5. The molecule has 43 heavy (non-hydrogen) atoms. The van der Waals surface area contributed by atoms with Crippen LogP contribution in [-0.4, -0.2) is 24.2 Å². The average molecular weight is 569 g/mol. The van der Waals surface area contributed by atoms with Gasteiger partial charge in [-0.25, -0.2) is 4.79 Å². The Labute approximate surface area is 248 Å². The summed E-state index contributed by atoms with van der Waals surface area (Å²) >= 11 is 0. The molecule has 0 aliphatic carbocycles. The summed E-state index contributed by atoms with van der Waals surface area (Å²) in [6.45, 7) is 4.26. The summed E-state index contributed by atoms with van der Waals surface area (Å²) in [5, 5.41) is 3.22. The lowest BCUT2D eigenvalue weighted by molar-refractivity contribution is 0.355. The van der Waals surface area contributed by atoms with Gasteiger partial charge in [-0.1, -0.05) is 62.4 Å². The maximum atomic E-state index is 13.4. The summed E-state index contributed by atoms with van der Waals surface area (Å²) in [7, 11) is 3.18. The molecule has 0 fully saturated rings. The third kappa shape index (κ3) is 4.47. The second kappa shape index (κ2) is 10.6. The van der Waals surface area contributed by atoms with Crippen molar-refractivity contribution < 1.29 is 13.9 Å². The van der Waals surface area contributed by atoms with Gasteiger partial charge in [0.05, 0.1) is 19.8 Å². The molecule has 0 atom stereocenters. The maximum absolute atomic E-state index is 13.4. The Hall–Kier alpha value is -5.23. The van der Waals surface area contributed by atoms with Gasteiger partial charge in [0.25, 0.3) is 0 Å². The first-order valence-corrected chi connectivity index (χ1v) is 14.4. The Morgan fingerprint density at radius 3 is 1.93 bits per heavy atom.